The molecule has 4 aromatic rings. The monoisotopic (exact) mass is 527 g/mol. The van der Waals surface area contributed by atoms with Gasteiger partial charge in [0.05, 0.1) is 10.6 Å². The molecule has 7 nitrogen and oxygen atoms in total. The molecule has 0 fully saturated rings. The van der Waals surface area contributed by atoms with Crippen LogP contribution in [0.15, 0.2) is 89.8 Å². The lowest BCUT2D eigenvalue weighted by atomic mass is 10.0. The van der Waals surface area contributed by atoms with Gasteiger partial charge >= 0.3 is 0 Å². The Bertz CT molecular complexity index is 1620. The van der Waals surface area contributed by atoms with Crippen molar-refractivity contribution < 1.29 is 18.0 Å². The highest BCUT2D eigenvalue weighted by Crippen LogP contribution is 2.40. The molecule has 0 saturated carbocycles. The lowest BCUT2D eigenvalue weighted by Crippen LogP contribution is -2.27. The fourth-order valence-corrected chi connectivity index (χ4v) is 5.93. The number of carbonyl (C=O) groups excluding carboxylic acids is 2. The lowest BCUT2D eigenvalue weighted by Gasteiger charge is -2.17. The van der Waals surface area contributed by atoms with E-state index in [1.807, 2.05) is 48.5 Å². The Balaban J connectivity index is 1.36. The first-order valence-corrected chi connectivity index (χ1v) is 14.0. The third kappa shape index (κ3) is 4.68. The van der Waals surface area contributed by atoms with Crippen molar-refractivity contribution >= 4 is 44.0 Å². The summed E-state index contributed by atoms with van der Waals surface area (Å²) in [6.07, 6.45) is 1.90. The van der Waals surface area contributed by atoms with Gasteiger partial charge in [-0.2, -0.15) is 4.31 Å². The Morgan fingerprint density at radius 3 is 2.37 bits per heavy atom. The SMILES string of the molecule is CCCCN1C(=O)c2ccc(NC(=O)c3ccc(S(=O)(=O)N(C)Cc4ccccc4)cc3)c3cccc1c23. The van der Waals surface area contributed by atoms with Crippen molar-refractivity contribution in [1.82, 2.24) is 4.31 Å². The maximum atomic E-state index is 13.1. The summed E-state index contributed by atoms with van der Waals surface area (Å²) in [4.78, 5) is 28.0. The van der Waals surface area contributed by atoms with Gasteiger partial charge in [-0.05, 0) is 54.4 Å². The first-order valence-electron chi connectivity index (χ1n) is 12.6. The predicted octanol–water partition coefficient (Wildman–Crippen LogP) is 5.67. The van der Waals surface area contributed by atoms with Crippen molar-refractivity contribution in [2.45, 2.75) is 31.2 Å². The van der Waals surface area contributed by atoms with Crippen LogP contribution in [0.5, 0.6) is 0 Å². The minimum Gasteiger partial charge on any atom is -0.321 e. The average Bonchev–Trinajstić information content (AvgIpc) is 3.21. The van der Waals surface area contributed by atoms with Gasteiger partial charge in [0, 0.05) is 47.7 Å². The van der Waals surface area contributed by atoms with E-state index < -0.39 is 10.0 Å². The van der Waals surface area contributed by atoms with E-state index in [-0.39, 0.29) is 23.3 Å². The molecule has 0 spiro atoms. The second-order valence-electron chi connectivity index (χ2n) is 9.40. The first-order chi connectivity index (χ1) is 18.3. The summed E-state index contributed by atoms with van der Waals surface area (Å²) in [5.41, 5.74) is 3.31. The number of hydrogen-bond donors (Lipinski definition) is 1. The van der Waals surface area contributed by atoms with Crippen molar-refractivity contribution in [3.63, 3.8) is 0 Å². The number of amides is 2. The van der Waals surface area contributed by atoms with Crippen molar-refractivity contribution in [1.29, 1.82) is 0 Å². The minimum absolute atomic E-state index is 0.0171. The molecule has 0 radical (unpaired) electrons. The third-order valence-corrected chi connectivity index (χ3v) is 8.66. The van der Waals surface area contributed by atoms with Gasteiger partial charge in [-0.3, -0.25) is 9.59 Å². The first kappa shape index (κ1) is 25.6. The highest BCUT2D eigenvalue weighted by atomic mass is 32.2. The molecule has 1 heterocycles. The molecule has 1 aliphatic heterocycles. The largest absolute Gasteiger partial charge is 0.321 e. The molecule has 1 aliphatic rings. The molecule has 38 heavy (non-hydrogen) atoms. The summed E-state index contributed by atoms with van der Waals surface area (Å²) in [6.45, 7) is 2.99. The molecular formula is C30H29N3O4S. The van der Waals surface area contributed by atoms with E-state index in [9.17, 15) is 18.0 Å². The zero-order chi connectivity index (χ0) is 26.9. The zero-order valence-electron chi connectivity index (χ0n) is 21.3. The molecule has 0 unspecified atom stereocenters. The number of rotatable bonds is 9. The molecule has 0 aliphatic carbocycles. The highest BCUT2D eigenvalue weighted by Gasteiger charge is 2.30. The van der Waals surface area contributed by atoms with E-state index in [0.717, 1.165) is 34.9 Å². The number of carbonyl (C=O) groups is 2. The molecule has 194 valence electrons. The van der Waals surface area contributed by atoms with Crippen molar-refractivity contribution in [3.8, 4) is 0 Å². The highest BCUT2D eigenvalue weighted by molar-refractivity contribution is 7.89. The van der Waals surface area contributed by atoms with E-state index in [4.69, 9.17) is 0 Å². The van der Waals surface area contributed by atoms with Gasteiger partial charge < -0.3 is 10.2 Å². The van der Waals surface area contributed by atoms with E-state index in [2.05, 4.69) is 12.2 Å². The Kier molecular flexibility index (Phi) is 7.01. The smallest absolute Gasteiger partial charge is 0.258 e. The number of hydrogen-bond acceptors (Lipinski definition) is 4. The van der Waals surface area contributed by atoms with Gasteiger partial charge in [0.25, 0.3) is 11.8 Å². The lowest BCUT2D eigenvalue weighted by molar-refractivity contribution is 0.0991. The molecule has 0 atom stereocenters. The molecule has 2 amide bonds. The van der Waals surface area contributed by atoms with Crippen LogP contribution in [0, 0.1) is 0 Å². The van der Waals surface area contributed by atoms with Gasteiger partial charge in [0.15, 0.2) is 0 Å². The van der Waals surface area contributed by atoms with Gasteiger partial charge in [0.2, 0.25) is 10.0 Å². The summed E-state index contributed by atoms with van der Waals surface area (Å²) in [5.74, 6) is -0.379. The number of sulfonamides is 1. The minimum atomic E-state index is -3.72. The van der Waals surface area contributed by atoms with Crippen LogP contribution in [-0.4, -0.2) is 38.1 Å². The Morgan fingerprint density at radius 2 is 1.66 bits per heavy atom. The van der Waals surface area contributed by atoms with E-state index in [1.54, 1.807) is 17.0 Å². The topological polar surface area (TPSA) is 86.8 Å². The molecular weight excluding hydrogens is 498 g/mol. The van der Waals surface area contributed by atoms with Gasteiger partial charge in [-0.1, -0.05) is 55.8 Å². The Hall–Kier alpha value is -4.01. The second kappa shape index (κ2) is 10.4. The van der Waals surface area contributed by atoms with Gasteiger partial charge in [-0.25, -0.2) is 8.42 Å². The summed E-state index contributed by atoms with van der Waals surface area (Å²) in [6, 6.07) is 24.5. The van der Waals surface area contributed by atoms with E-state index in [0.29, 0.717) is 23.4 Å². The normalized spacial score (nSPS) is 12.9. The number of benzene rings is 4. The molecule has 5 rings (SSSR count). The predicted molar refractivity (Wildman–Crippen MR) is 150 cm³/mol. The number of nitrogens with zero attached hydrogens (tertiary/aromatic N) is 2. The van der Waals surface area contributed by atoms with Gasteiger partial charge in [-0.15, -0.1) is 0 Å². The second-order valence-corrected chi connectivity index (χ2v) is 11.4. The van der Waals surface area contributed by atoms with Gasteiger partial charge in [0.1, 0.15) is 0 Å². The number of unbranched alkanes of at least 4 members (excludes halogenated alkanes) is 1. The van der Waals surface area contributed by atoms with Crippen LogP contribution in [0.2, 0.25) is 0 Å². The summed E-state index contributed by atoms with van der Waals surface area (Å²) in [7, 11) is -2.19. The zero-order valence-corrected chi connectivity index (χ0v) is 22.2. The number of nitrogens with one attached hydrogen (secondary N) is 1. The van der Waals surface area contributed by atoms with E-state index >= 15 is 0 Å². The van der Waals surface area contributed by atoms with Crippen LogP contribution < -0.4 is 10.2 Å². The molecule has 4 aromatic carbocycles. The van der Waals surface area contributed by atoms with Crippen molar-refractivity contribution in [2.75, 3.05) is 23.8 Å². The van der Waals surface area contributed by atoms with Crippen LogP contribution >= 0.6 is 0 Å². The van der Waals surface area contributed by atoms with E-state index in [1.165, 1.54) is 35.6 Å². The van der Waals surface area contributed by atoms with Crippen LogP contribution in [0.1, 0.15) is 46.0 Å². The van der Waals surface area contributed by atoms with Crippen LogP contribution in [-0.2, 0) is 16.6 Å². The molecule has 0 bridgehead atoms. The fourth-order valence-electron chi connectivity index (χ4n) is 4.77. The van der Waals surface area contributed by atoms with Crippen molar-refractivity contribution in [3.05, 3.63) is 102 Å². The Morgan fingerprint density at radius 1 is 0.921 bits per heavy atom. The molecule has 1 N–H and O–H groups in total. The van der Waals surface area contributed by atoms with Crippen LogP contribution in [0.3, 0.4) is 0 Å². The quantitative estimate of drug-likeness (QED) is 0.304. The summed E-state index contributed by atoms with van der Waals surface area (Å²) in [5, 5.41) is 4.58. The van der Waals surface area contributed by atoms with Crippen molar-refractivity contribution in [2.24, 2.45) is 0 Å². The standard InChI is InChI=1S/C30H29N3O4S/c1-3-4-19-33-27-12-8-11-24-26(18-17-25(28(24)27)30(33)35)31-29(34)22-13-15-23(16-14-22)38(36,37)32(2)20-21-9-6-5-7-10-21/h5-18H,3-4,19-20H2,1-2H3,(H,31,34). The fraction of sp³-hybridized carbons (Fsp3) is 0.200. The maximum absolute atomic E-state index is 13.1. The summed E-state index contributed by atoms with van der Waals surface area (Å²) < 4.78 is 27.4. The molecule has 8 heteroatoms. The molecule has 0 aromatic heterocycles. The molecule has 0 saturated heterocycles. The summed E-state index contributed by atoms with van der Waals surface area (Å²) >= 11 is 0. The van der Waals surface area contributed by atoms with Crippen LogP contribution in [0.4, 0.5) is 11.4 Å². The van der Waals surface area contributed by atoms with Crippen LogP contribution in [0.25, 0.3) is 10.8 Å². The maximum Gasteiger partial charge on any atom is 0.258 e. The number of anilines is 2. The third-order valence-electron chi connectivity index (χ3n) is 6.84. The average molecular weight is 528 g/mol. The Labute approximate surface area is 222 Å².